The molecule has 2 nitrogen and oxygen atoms in total. The second-order valence-corrected chi connectivity index (χ2v) is 9.39. The highest BCUT2D eigenvalue weighted by Crippen LogP contribution is 2.51. The fourth-order valence-electron chi connectivity index (χ4n) is 3.49. The summed E-state index contributed by atoms with van der Waals surface area (Å²) in [6.07, 6.45) is 5.66. The van der Waals surface area contributed by atoms with Crippen molar-refractivity contribution in [2.24, 2.45) is 17.8 Å². The van der Waals surface area contributed by atoms with Crippen LogP contribution in [0.2, 0.25) is 0 Å². The summed E-state index contributed by atoms with van der Waals surface area (Å²) in [5.74, 6) is 1.71. The predicted molar refractivity (Wildman–Crippen MR) is 95.0 cm³/mol. The largest absolute Gasteiger partial charge is 0.321 e. The van der Waals surface area contributed by atoms with Crippen molar-refractivity contribution in [3.05, 3.63) is 43.0 Å². The van der Waals surface area contributed by atoms with Gasteiger partial charge in [-0.05, 0) is 42.7 Å². The number of hydrogen-bond acceptors (Lipinski definition) is 2. The van der Waals surface area contributed by atoms with Gasteiger partial charge in [0, 0.05) is 11.5 Å². The third-order valence-electron chi connectivity index (χ3n) is 4.79. The molecule has 1 aromatic carbocycles. The zero-order valence-electron chi connectivity index (χ0n) is 14.1. The number of rotatable bonds is 6. The molecule has 0 radical (unpaired) electrons. The zero-order chi connectivity index (χ0) is 16.2. The van der Waals surface area contributed by atoms with Crippen LogP contribution in [0.15, 0.2) is 43.0 Å². The lowest BCUT2D eigenvalue weighted by atomic mass is 9.75. The fourth-order valence-corrected chi connectivity index (χ4v) is 5.55. The molecule has 0 bridgehead atoms. The molecule has 122 valence electrons. The van der Waals surface area contributed by atoms with Crippen LogP contribution in [0.4, 0.5) is 0 Å². The minimum atomic E-state index is -2.86. The summed E-state index contributed by atoms with van der Waals surface area (Å²) in [4.78, 5) is 0. The molecule has 0 heterocycles. The number of benzene rings is 1. The van der Waals surface area contributed by atoms with E-state index in [1.165, 1.54) is 12.8 Å². The van der Waals surface area contributed by atoms with E-state index in [-0.39, 0.29) is 6.10 Å². The van der Waals surface area contributed by atoms with Gasteiger partial charge in [0.15, 0.2) is 0 Å². The van der Waals surface area contributed by atoms with Crippen LogP contribution >= 0.6 is 7.37 Å². The maximum Gasteiger partial charge on any atom is 0.236 e. The molecule has 1 saturated carbocycles. The summed E-state index contributed by atoms with van der Waals surface area (Å²) in [6, 6.07) is 9.64. The molecule has 4 atom stereocenters. The van der Waals surface area contributed by atoms with E-state index in [2.05, 4.69) is 27.4 Å². The second-order valence-electron chi connectivity index (χ2n) is 6.95. The lowest BCUT2D eigenvalue weighted by Crippen LogP contribution is -2.34. The predicted octanol–water partition coefficient (Wildman–Crippen LogP) is 5.25. The quantitative estimate of drug-likeness (QED) is 0.528. The third-order valence-corrected chi connectivity index (χ3v) is 7.22. The van der Waals surface area contributed by atoms with E-state index in [1.807, 2.05) is 30.3 Å². The lowest BCUT2D eigenvalue weighted by molar-refractivity contribution is 0.0502. The molecule has 0 aliphatic heterocycles. The maximum atomic E-state index is 13.5. The van der Waals surface area contributed by atoms with Crippen molar-refractivity contribution in [2.45, 2.75) is 46.1 Å². The molecule has 1 fully saturated rings. The van der Waals surface area contributed by atoms with E-state index in [0.717, 1.165) is 11.7 Å². The van der Waals surface area contributed by atoms with E-state index in [1.54, 1.807) is 6.08 Å². The van der Waals surface area contributed by atoms with Crippen LogP contribution in [0.5, 0.6) is 0 Å². The van der Waals surface area contributed by atoms with Crippen molar-refractivity contribution in [3.63, 3.8) is 0 Å². The van der Waals surface area contributed by atoms with Gasteiger partial charge in [0.05, 0.1) is 6.10 Å². The normalized spacial score (nSPS) is 28.3. The molecule has 0 spiro atoms. The first-order valence-corrected chi connectivity index (χ1v) is 10.2. The number of hydrogen-bond donors (Lipinski definition) is 0. The minimum Gasteiger partial charge on any atom is -0.321 e. The van der Waals surface area contributed by atoms with Crippen LogP contribution < -0.4 is 5.30 Å². The first-order valence-electron chi connectivity index (χ1n) is 8.40. The smallest absolute Gasteiger partial charge is 0.236 e. The van der Waals surface area contributed by atoms with Crippen molar-refractivity contribution in [2.75, 3.05) is 6.16 Å². The highest BCUT2D eigenvalue weighted by molar-refractivity contribution is 7.67. The Balaban J connectivity index is 2.25. The molecule has 22 heavy (non-hydrogen) atoms. The standard InChI is InChI=1S/C19H29O2P/c1-5-13-22(20,17-9-7-6-8-10-17)21-19-14-16(4)11-12-18(19)15(2)3/h5-10,15-16,18-19H,1,11-14H2,2-4H3/t16-,18+,19-,22-/m1/s1. The topological polar surface area (TPSA) is 26.3 Å². The molecule has 0 unspecified atom stereocenters. The first kappa shape index (κ1) is 17.5. The Kier molecular flexibility index (Phi) is 6.06. The fraction of sp³-hybridized carbons (Fsp3) is 0.579. The summed E-state index contributed by atoms with van der Waals surface area (Å²) in [5.41, 5.74) is 0. The summed E-state index contributed by atoms with van der Waals surface area (Å²) < 4.78 is 19.8. The van der Waals surface area contributed by atoms with Gasteiger partial charge < -0.3 is 4.52 Å². The number of allylic oxidation sites excluding steroid dienone is 1. The van der Waals surface area contributed by atoms with Crippen LogP contribution in [-0.2, 0) is 9.09 Å². The van der Waals surface area contributed by atoms with Gasteiger partial charge in [-0.3, -0.25) is 4.57 Å². The molecule has 3 heteroatoms. The average molecular weight is 320 g/mol. The Morgan fingerprint density at radius 1 is 1.32 bits per heavy atom. The minimum absolute atomic E-state index is 0.0924. The third kappa shape index (κ3) is 4.12. The van der Waals surface area contributed by atoms with Crippen LogP contribution in [0, 0.1) is 17.8 Å². The molecule has 1 aliphatic rings. The SMILES string of the molecule is C=CC[P@@](=O)(O[C@@H]1C[C@H](C)CC[C@H]1C(C)C)c1ccccc1. The molecule has 1 aromatic rings. The van der Waals surface area contributed by atoms with Gasteiger partial charge >= 0.3 is 0 Å². The Morgan fingerprint density at radius 3 is 2.59 bits per heavy atom. The van der Waals surface area contributed by atoms with Gasteiger partial charge in [0.25, 0.3) is 0 Å². The summed E-state index contributed by atoms with van der Waals surface area (Å²) in [5, 5.41) is 0.815. The van der Waals surface area contributed by atoms with E-state index in [0.29, 0.717) is 23.9 Å². The first-order chi connectivity index (χ1) is 10.5. The van der Waals surface area contributed by atoms with E-state index in [9.17, 15) is 4.57 Å². The lowest BCUT2D eigenvalue weighted by Gasteiger charge is -2.38. The molecule has 0 aromatic heterocycles. The van der Waals surface area contributed by atoms with Crippen molar-refractivity contribution < 1.29 is 9.09 Å². The maximum absolute atomic E-state index is 13.5. The molecular weight excluding hydrogens is 291 g/mol. The Bertz CT molecular complexity index is 523. The van der Waals surface area contributed by atoms with Gasteiger partial charge in [0.1, 0.15) is 0 Å². The summed E-state index contributed by atoms with van der Waals surface area (Å²) in [6.45, 7) is 10.5. The highest BCUT2D eigenvalue weighted by atomic mass is 31.2. The van der Waals surface area contributed by atoms with Gasteiger partial charge in [-0.25, -0.2) is 0 Å². The van der Waals surface area contributed by atoms with Crippen molar-refractivity contribution in [3.8, 4) is 0 Å². The Labute approximate surface area is 135 Å². The van der Waals surface area contributed by atoms with Gasteiger partial charge in [-0.2, -0.15) is 0 Å². The zero-order valence-corrected chi connectivity index (χ0v) is 15.0. The molecule has 2 rings (SSSR count). The Morgan fingerprint density at radius 2 is 2.00 bits per heavy atom. The van der Waals surface area contributed by atoms with Gasteiger partial charge in [-0.15, -0.1) is 6.58 Å². The summed E-state index contributed by atoms with van der Waals surface area (Å²) >= 11 is 0. The second kappa shape index (κ2) is 7.62. The van der Waals surface area contributed by atoms with Crippen LogP contribution in [0.1, 0.15) is 40.0 Å². The van der Waals surface area contributed by atoms with Crippen LogP contribution in [0.3, 0.4) is 0 Å². The monoisotopic (exact) mass is 320 g/mol. The highest BCUT2D eigenvalue weighted by Gasteiger charge is 2.37. The average Bonchev–Trinajstić information content (AvgIpc) is 2.48. The van der Waals surface area contributed by atoms with E-state index in [4.69, 9.17) is 4.52 Å². The van der Waals surface area contributed by atoms with Crippen LogP contribution in [-0.4, -0.2) is 12.3 Å². The van der Waals surface area contributed by atoms with Crippen molar-refractivity contribution in [1.82, 2.24) is 0 Å². The van der Waals surface area contributed by atoms with E-state index >= 15 is 0 Å². The molecule has 0 N–H and O–H groups in total. The molecule has 0 amide bonds. The summed E-state index contributed by atoms with van der Waals surface area (Å²) in [7, 11) is -2.86. The van der Waals surface area contributed by atoms with Crippen molar-refractivity contribution >= 4 is 12.7 Å². The van der Waals surface area contributed by atoms with E-state index < -0.39 is 7.37 Å². The molecular formula is C19H29O2P. The van der Waals surface area contributed by atoms with Gasteiger partial charge in [-0.1, -0.05) is 51.5 Å². The van der Waals surface area contributed by atoms with Crippen LogP contribution in [0.25, 0.3) is 0 Å². The molecule has 1 aliphatic carbocycles. The molecule has 0 saturated heterocycles. The Hall–Kier alpha value is -0.850. The van der Waals surface area contributed by atoms with Crippen molar-refractivity contribution in [1.29, 1.82) is 0 Å². The van der Waals surface area contributed by atoms with Gasteiger partial charge in [0.2, 0.25) is 7.37 Å².